The van der Waals surface area contributed by atoms with Crippen LogP contribution in [0.2, 0.25) is 0 Å². The highest BCUT2D eigenvalue weighted by atomic mass is 32.1. The van der Waals surface area contributed by atoms with E-state index in [0.717, 1.165) is 21.4 Å². The van der Waals surface area contributed by atoms with E-state index in [0.29, 0.717) is 11.3 Å². The number of aromatic nitrogens is 2. The molecule has 0 bridgehead atoms. The fourth-order valence-corrected chi connectivity index (χ4v) is 4.58. The molecule has 3 heterocycles. The number of nitrogens with zero attached hydrogens (tertiary/aromatic N) is 2. The first-order valence-corrected chi connectivity index (χ1v) is 9.43. The van der Waals surface area contributed by atoms with Crippen LogP contribution < -0.4 is 10.5 Å². The Hall–Kier alpha value is -3.25. The molecule has 0 spiro atoms. The smallest absolute Gasteiger partial charge is 0.416 e. The largest absolute Gasteiger partial charge is 0.420 e. The molecule has 2 aromatic heterocycles. The standard InChI is InChI=1S/C20H15F3N4OS/c1-9-7-12(10(2)29-9)17-16-15(11-5-3-4-6-14(11)20(21,22)23)13(8-24)18(25)28-19(16)27-26-17/h3-7,15H,25H2,1-2H3,(H,26,27). The van der Waals surface area contributed by atoms with Gasteiger partial charge in [0.1, 0.15) is 11.6 Å². The molecule has 0 saturated heterocycles. The molecule has 1 atom stereocenters. The molecule has 5 nitrogen and oxygen atoms in total. The minimum atomic E-state index is -4.59. The van der Waals surface area contributed by atoms with Gasteiger partial charge in [-0.1, -0.05) is 18.2 Å². The van der Waals surface area contributed by atoms with E-state index in [1.165, 1.54) is 18.2 Å². The molecule has 0 fully saturated rings. The summed E-state index contributed by atoms with van der Waals surface area (Å²) in [5, 5.41) is 16.7. The summed E-state index contributed by atoms with van der Waals surface area (Å²) in [6.07, 6.45) is -4.59. The number of hydrogen-bond donors (Lipinski definition) is 2. The van der Waals surface area contributed by atoms with Crippen LogP contribution in [0.4, 0.5) is 13.2 Å². The van der Waals surface area contributed by atoms with Crippen LogP contribution in [0.25, 0.3) is 11.3 Å². The average molecular weight is 416 g/mol. The number of ether oxygens (including phenoxy) is 1. The fraction of sp³-hybridized carbons (Fsp3) is 0.200. The Balaban J connectivity index is 2.03. The van der Waals surface area contributed by atoms with Crippen LogP contribution in [0, 0.1) is 25.2 Å². The number of aromatic amines is 1. The highest BCUT2D eigenvalue weighted by Gasteiger charge is 2.41. The molecular formula is C20H15F3N4OS. The molecule has 1 unspecified atom stereocenters. The van der Waals surface area contributed by atoms with Crippen molar-refractivity contribution < 1.29 is 17.9 Å². The van der Waals surface area contributed by atoms with Crippen LogP contribution in [0.1, 0.15) is 32.4 Å². The van der Waals surface area contributed by atoms with Gasteiger partial charge in [0.25, 0.3) is 0 Å². The van der Waals surface area contributed by atoms with E-state index >= 15 is 0 Å². The van der Waals surface area contributed by atoms with Crippen molar-refractivity contribution in [3.8, 4) is 23.2 Å². The Bertz CT molecular complexity index is 1180. The van der Waals surface area contributed by atoms with Gasteiger partial charge in [0.05, 0.1) is 22.7 Å². The molecule has 3 aromatic rings. The van der Waals surface area contributed by atoms with E-state index in [9.17, 15) is 18.4 Å². The van der Waals surface area contributed by atoms with E-state index in [4.69, 9.17) is 10.5 Å². The molecule has 29 heavy (non-hydrogen) atoms. The monoisotopic (exact) mass is 416 g/mol. The highest BCUT2D eigenvalue weighted by molar-refractivity contribution is 7.12. The van der Waals surface area contributed by atoms with Crippen molar-refractivity contribution in [2.75, 3.05) is 0 Å². The number of aryl methyl sites for hydroxylation is 2. The maximum atomic E-state index is 13.7. The van der Waals surface area contributed by atoms with Crippen LogP contribution >= 0.6 is 11.3 Å². The number of rotatable bonds is 2. The molecule has 0 radical (unpaired) electrons. The van der Waals surface area contributed by atoms with E-state index in [-0.39, 0.29) is 22.9 Å². The molecule has 1 aromatic carbocycles. The molecule has 4 rings (SSSR count). The number of fused-ring (bicyclic) bond motifs is 1. The first-order valence-electron chi connectivity index (χ1n) is 8.61. The van der Waals surface area contributed by atoms with Gasteiger partial charge >= 0.3 is 6.18 Å². The summed E-state index contributed by atoms with van der Waals surface area (Å²) in [5.41, 5.74) is 6.58. The zero-order valence-electron chi connectivity index (χ0n) is 15.4. The number of H-pyrrole nitrogens is 1. The zero-order chi connectivity index (χ0) is 20.9. The number of hydrogen-bond acceptors (Lipinski definition) is 5. The molecule has 0 aliphatic carbocycles. The van der Waals surface area contributed by atoms with Crippen molar-refractivity contribution in [1.29, 1.82) is 5.26 Å². The number of nitriles is 1. The van der Waals surface area contributed by atoms with Crippen molar-refractivity contribution in [1.82, 2.24) is 10.2 Å². The lowest BCUT2D eigenvalue weighted by Gasteiger charge is -2.26. The van der Waals surface area contributed by atoms with Crippen LogP contribution in [0.5, 0.6) is 5.88 Å². The van der Waals surface area contributed by atoms with Gasteiger partial charge in [0.15, 0.2) is 0 Å². The lowest BCUT2D eigenvalue weighted by molar-refractivity contribution is -0.138. The third-order valence-corrected chi connectivity index (χ3v) is 5.79. The summed E-state index contributed by atoms with van der Waals surface area (Å²) < 4.78 is 46.7. The Morgan fingerprint density at radius 3 is 2.62 bits per heavy atom. The second kappa shape index (κ2) is 6.67. The first kappa shape index (κ1) is 19.1. The number of thiophene rings is 1. The lowest BCUT2D eigenvalue weighted by atomic mass is 9.81. The minimum absolute atomic E-state index is 0.0710. The van der Waals surface area contributed by atoms with Gasteiger partial charge < -0.3 is 10.5 Å². The van der Waals surface area contributed by atoms with Crippen molar-refractivity contribution in [2.24, 2.45) is 5.73 Å². The zero-order valence-corrected chi connectivity index (χ0v) is 16.2. The third kappa shape index (κ3) is 3.06. The molecule has 0 saturated carbocycles. The molecule has 1 aliphatic rings. The van der Waals surface area contributed by atoms with Gasteiger partial charge in [0, 0.05) is 15.3 Å². The van der Waals surface area contributed by atoms with Crippen molar-refractivity contribution in [2.45, 2.75) is 25.9 Å². The Morgan fingerprint density at radius 1 is 1.28 bits per heavy atom. The summed E-state index contributed by atoms with van der Waals surface area (Å²) in [6.45, 7) is 3.85. The highest BCUT2D eigenvalue weighted by Crippen LogP contribution is 2.49. The molecule has 0 amide bonds. The SMILES string of the molecule is Cc1cc(-c2[nH]nc3c2C(c2ccccc2C(F)(F)F)C(C#N)=C(N)O3)c(C)s1. The van der Waals surface area contributed by atoms with E-state index in [1.54, 1.807) is 11.3 Å². The molecule has 9 heteroatoms. The first-order chi connectivity index (χ1) is 13.7. The number of nitrogens with one attached hydrogen (secondary N) is 1. The number of alkyl halides is 3. The maximum absolute atomic E-state index is 13.7. The maximum Gasteiger partial charge on any atom is 0.416 e. The predicted molar refractivity (Wildman–Crippen MR) is 102 cm³/mol. The number of nitrogens with two attached hydrogens (primary N) is 1. The topological polar surface area (TPSA) is 87.7 Å². The summed E-state index contributed by atoms with van der Waals surface area (Å²) in [4.78, 5) is 2.01. The Kier molecular flexibility index (Phi) is 4.39. The predicted octanol–water partition coefficient (Wildman–Crippen LogP) is 4.99. The van der Waals surface area contributed by atoms with E-state index in [2.05, 4.69) is 10.2 Å². The molecule has 1 aliphatic heterocycles. The minimum Gasteiger partial charge on any atom is -0.420 e. The number of allylic oxidation sites excluding steroid dienone is 1. The Morgan fingerprint density at radius 2 is 2.00 bits per heavy atom. The van der Waals surface area contributed by atoms with Crippen LogP contribution in [0.3, 0.4) is 0 Å². The number of benzene rings is 1. The van der Waals surface area contributed by atoms with Gasteiger partial charge in [-0.25, -0.2) is 0 Å². The Labute approximate surface area is 168 Å². The van der Waals surface area contributed by atoms with Crippen LogP contribution in [-0.4, -0.2) is 10.2 Å². The molecule has 3 N–H and O–H groups in total. The molecule has 148 valence electrons. The fourth-order valence-electron chi connectivity index (χ4n) is 3.65. The van der Waals surface area contributed by atoms with Crippen molar-refractivity contribution in [3.63, 3.8) is 0 Å². The summed E-state index contributed by atoms with van der Waals surface area (Å²) in [6, 6.07) is 9.03. The molecular weight excluding hydrogens is 401 g/mol. The quantitative estimate of drug-likeness (QED) is 0.616. The van der Waals surface area contributed by atoms with Gasteiger partial charge in [-0.3, -0.25) is 5.10 Å². The van der Waals surface area contributed by atoms with Crippen LogP contribution in [0.15, 0.2) is 41.8 Å². The number of halogens is 3. The normalized spacial score (nSPS) is 16.3. The van der Waals surface area contributed by atoms with E-state index < -0.39 is 17.7 Å². The summed E-state index contributed by atoms with van der Waals surface area (Å²) in [7, 11) is 0. The summed E-state index contributed by atoms with van der Waals surface area (Å²) in [5.74, 6) is -1.24. The van der Waals surface area contributed by atoms with Crippen molar-refractivity contribution >= 4 is 11.3 Å². The van der Waals surface area contributed by atoms with Gasteiger partial charge in [-0.15, -0.1) is 16.4 Å². The second-order valence-electron chi connectivity index (χ2n) is 6.65. The average Bonchev–Trinajstić information content (AvgIpc) is 3.21. The third-order valence-electron chi connectivity index (χ3n) is 4.83. The van der Waals surface area contributed by atoms with Gasteiger partial charge in [-0.2, -0.15) is 18.4 Å². The second-order valence-corrected chi connectivity index (χ2v) is 8.11. The lowest BCUT2D eigenvalue weighted by Crippen LogP contribution is -2.23. The van der Waals surface area contributed by atoms with Crippen molar-refractivity contribution in [3.05, 3.63) is 68.2 Å². The summed E-state index contributed by atoms with van der Waals surface area (Å²) >= 11 is 1.56. The van der Waals surface area contributed by atoms with Gasteiger partial charge in [-0.05, 0) is 31.5 Å². The van der Waals surface area contributed by atoms with Gasteiger partial charge in [0.2, 0.25) is 11.8 Å². The van der Waals surface area contributed by atoms with Crippen LogP contribution in [-0.2, 0) is 6.18 Å². The van der Waals surface area contributed by atoms with E-state index in [1.807, 2.05) is 26.0 Å².